The highest BCUT2D eigenvalue weighted by Crippen LogP contribution is 2.45. The Bertz CT molecular complexity index is 800. The first-order chi connectivity index (χ1) is 10.7. The molecule has 5 nitrogen and oxygen atoms in total. The first kappa shape index (κ1) is 17.5. The van der Waals surface area contributed by atoms with Crippen LogP contribution in [0.15, 0.2) is 24.3 Å². The summed E-state index contributed by atoms with van der Waals surface area (Å²) in [5, 5.41) is 0. The van der Waals surface area contributed by atoms with Gasteiger partial charge < -0.3 is 8.92 Å². The van der Waals surface area contributed by atoms with Crippen LogP contribution in [0.4, 0.5) is 13.2 Å². The van der Waals surface area contributed by atoms with Crippen LogP contribution in [0.5, 0.6) is 11.5 Å². The SMILES string of the molecule is CCS(=O)(=O)Oc1c(-c2cccc(OC)c2)nsc1C(F)(F)F. The van der Waals surface area contributed by atoms with Crippen LogP contribution in [-0.4, -0.2) is 25.7 Å². The molecular formula is C13H12F3NO4S2. The van der Waals surface area contributed by atoms with E-state index in [1.165, 1.54) is 26.2 Å². The number of halogens is 3. The van der Waals surface area contributed by atoms with Crippen molar-refractivity contribution >= 4 is 21.7 Å². The predicted molar refractivity (Wildman–Crippen MR) is 79.2 cm³/mol. The zero-order valence-electron chi connectivity index (χ0n) is 12.0. The molecule has 1 aromatic carbocycles. The van der Waals surface area contributed by atoms with E-state index >= 15 is 0 Å². The van der Waals surface area contributed by atoms with E-state index in [2.05, 4.69) is 8.56 Å². The molecule has 0 aliphatic rings. The van der Waals surface area contributed by atoms with Crippen LogP contribution in [0.2, 0.25) is 0 Å². The topological polar surface area (TPSA) is 65.5 Å². The molecule has 0 saturated carbocycles. The largest absolute Gasteiger partial charge is 0.497 e. The molecule has 0 radical (unpaired) electrons. The predicted octanol–water partition coefficient (Wildman–Crippen LogP) is 3.57. The first-order valence-electron chi connectivity index (χ1n) is 6.31. The maximum absolute atomic E-state index is 13.1. The third kappa shape index (κ3) is 3.94. The molecule has 2 rings (SSSR count). The molecule has 0 bridgehead atoms. The first-order valence-corrected chi connectivity index (χ1v) is 8.66. The zero-order valence-corrected chi connectivity index (χ0v) is 13.7. The summed E-state index contributed by atoms with van der Waals surface area (Å²) in [5.74, 6) is -0.872. The van der Waals surface area contributed by atoms with Crippen LogP contribution >= 0.6 is 11.5 Å². The maximum Gasteiger partial charge on any atom is 0.430 e. The summed E-state index contributed by atoms with van der Waals surface area (Å²) in [4.78, 5) is -1.20. The van der Waals surface area contributed by atoms with Crippen LogP contribution < -0.4 is 8.92 Å². The highest BCUT2D eigenvalue weighted by molar-refractivity contribution is 7.87. The molecule has 0 aliphatic carbocycles. The fourth-order valence-electron chi connectivity index (χ4n) is 1.68. The lowest BCUT2D eigenvalue weighted by Crippen LogP contribution is -2.14. The molecule has 0 aliphatic heterocycles. The Balaban J connectivity index is 2.62. The molecule has 1 aromatic heterocycles. The van der Waals surface area contributed by atoms with Crippen molar-refractivity contribution in [1.29, 1.82) is 0 Å². The molecule has 0 saturated heterocycles. The van der Waals surface area contributed by atoms with Crippen molar-refractivity contribution in [3.8, 4) is 22.8 Å². The molecule has 2 aromatic rings. The summed E-state index contributed by atoms with van der Waals surface area (Å²) in [5.41, 5.74) is 0.0654. The Labute approximate surface area is 135 Å². The number of benzene rings is 1. The molecule has 126 valence electrons. The summed E-state index contributed by atoms with van der Waals surface area (Å²) in [6.07, 6.45) is -4.77. The number of rotatable bonds is 5. The van der Waals surface area contributed by atoms with Crippen molar-refractivity contribution in [3.05, 3.63) is 29.1 Å². The fourth-order valence-corrected chi connectivity index (χ4v) is 2.96. The lowest BCUT2D eigenvalue weighted by atomic mass is 10.1. The number of alkyl halides is 3. The second-order valence-electron chi connectivity index (χ2n) is 4.35. The van der Waals surface area contributed by atoms with Crippen LogP contribution in [-0.2, 0) is 16.3 Å². The summed E-state index contributed by atoms with van der Waals surface area (Å²) in [6, 6.07) is 6.09. The van der Waals surface area contributed by atoms with Crippen molar-refractivity contribution in [3.63, 3.8) is 0 Å². The summed E-state index contributed by atoms with van der Waals surface area (Å²) >= 11 is 0.137. The van der Waals surface area contributed by atoms with Gasteiger partial charge in [0.25, 0.3) is 0 Å². The summed E-state index contributed by atoms with van der Waals surface area (Å²) < 4.78 is 75.8. The minimum Gasteiger partial charge on any atom is -0.497 e. The van der Waals surface area contributed by atoms with Crippen LogP contribution in [0.1, 0.15) is 11.8 Å². The molecule has 0 spiro atoms. The quantitative estimate of drug-likeness (QED) is 0.756. The van der Waals surface area contributed by atoms with Gasteiger partial charge in [-0.15, -0.1) is 0 Å². The Morgan fingerprint density at radius 1 is 1.30 bits per heavy atom. The number of ether oxygens (including phenoxy) is 1. The van der Waals surface area contributed by atoms with Crippen molar-refractivity contribution in [2.24, 2.45) is 0 Å². The Kier molecular flexibility index (Phi) is 4.85. The second-order valence-corrected chi connectivity index (χ2v) is 6.98. The zero-order chi connectivity index (χ0) is 17.3. The Hall–Kier alpha value is -1.81. The summed E-state index contributed by atoms with van der Waals surface area (Å²) in [7, 11) is -2.73. The van der Waals surface area contributed by atoms with Gasteiger partial charge in [-0.3, -0.25) is 0 Å². The van der Waals surface area contributed by atoms with Gasteiger partial charge >= 0.3 is 16.3 Å². The second kappa shape index (κ2) is 6.36. The van der Waals surface area contributed by atoms with E-state index in [1.54, 1.807) is 12.1 Å². The van der Waals surface area contributed by atoms with E-state index in [9.17, 15) is 21.6 Å². The molecule has 23 heavy (non-hydrogen) atoms. The van der Waals surface area contributed by atoms with Crippen LogP contribution in [0.3, 0.4) is 0 Å². The average molecular weight is 367 g/mol. The van der Waals surface area contributed by atoms with Crippen molar-refractivity contribution < 1.29 is 30.5 Å². The average Bonchev–Trinajstić information content (AvgIpc) is 2.90. The lowest BCUT2D eigenvalue weighted by molar-refractivity contribution is -0.135. The Morgan fingerprint density at radius 2 is 2.00 bits per heavy atom. The molecule has 0 amide bonds. The van der Waals surface area contributed by atoms with Crippen LogP contribution in [0.25, 0.3) is 11.3 Å². The third-order valence-electron chi connectivity index (χ3n) is 2.81. The van der Waals surface area contributed by atoms with E-state index in [0.29, 0.717) is 5.75 Å². The van der Waals surface area contributed by atoms with Gasteiger partial charge in [0.05, 0.1) is 12.9 Å². The van der Waals surface area contributed by atoms with Crippen molar-refractivity contribution in [1.82, 2.24) is 4.37 Å². The number of aromatic nitrogens is 1. The van der Waals surface area contributed by atoms with Gasteiger partial charge in [-0.1, -0.05) is 12.1 Å². The molecule has 0 fully saturated rings. The van der Waals surface area contributed by atoms with Gasteiger partial charge in [0, 0.05) is 5.56 Å². The number of hydrogen-bond donors (Lipinski definition) is 0. The molecule has 10 heteroatoms. The third-order valence-corrected chi connectivity index (χ3v) is 4.82. The highest BCUT2D eigenvalue weighted by Gasteiger charge is 2.40. The van der Waals surface area contributed by atoms with Crippen molar-refractivity contribution in [2.45, 2.75) is 13.1 Å². The Morgan fingerprint density at radius 3 is 2.57 bits per heavy atom. The fraction of sp³-hybridized carbons (Fsp3) is 0.308. The number of nitrogens with zero attached hydrogens (tertiary/aromatic N) is 1. The maximum atomic E-state index is 13.1. The minimum atomic E-state index is -4.77. The minimum absolute atomic E-state index is 0.137. The van der Waals surface area contributed by atoms with Crippen molar-refractivity contribution in [2.75, 3.05) is 12.9 Å². The number of methoxy groups -OCH3 is 1. The van der Waals surface area contributed by atoms with E-state index in [4.69, 9.17) is 4.74 Å². The molecular weight excluding hydrogens is 355 g/mol. The van der Waals surface area contributed by atoms with Gasteiger partial charge in [-0.25, -0.2) is 0 Å². The normalized spacial score (nSPS) is 12.2. The molecule has 1 heterocycles. The molecule has 0 atom stereocenters. The molecule has 0 N–H and O–H groups in total. The van der Waals surface area contributed by atoms with E-state index < -0.39 is 32.7 Å². The van der Waals surface area contributed by atoms with Gasteiger partial charge in [0.15, 0.2) is 10.6 Å². The van der Waals surface area contributed by atoms with Gasteiger partial charge in [0.1, 0.15) is 11.4 Å². The molecule has 0 unspecified atom stereocenters. The standard InChI is InChI=1S/C13H12F3NO4S2/c1-3-23(18,19)21-11-10(17-22-12(11)13(14,15)16)8-5-4-6-9(7-8)20-2/h4-7H,3H2,1-2H3. The van der Waals surface area contributed by atoms with E-state index in [1.807, 2.05) is 0 Å². The van der Waals surface area contributed by atoms with Gasteiger partial charge in [0.2, 0.25) is 0 Å². The summed E-state index contributed by atoms with van der Waals surface area (Å²) in [6.45, 7) is 1.27. The van der Waals surface area contributed by atoms with Gasteiger partial charge in [-0.05, 0) is 30.6 Å². The smallest absolute Gasteiger partial charge is 0.430 e. The van der Waals surface area contributed by atoms with Crippen LogP contribution in [0, 0.1) is 0 Å². The lowest BCUT2D eigenvalue weighted by Gasteiger charge is -2.10. The van der Waals surface area contributed by atoms with Gasteiger partial charge in [-0.2, -0.15) is 26.0 Å². The monoisotopic (exact) mass is 367 g/mol. The number of hydrogen-bond acceptors (Lipinski definition) is 6. The highest BCUT2D eigenvalue weighted by atomic mass is 32.2. The van der Waals surface area contributed by atoms with E-state index in [-0.39, 0.29) is 22.8 Å². The van der Waals surface area contributed by atoms with E-state index in [0.717, 1.165) is 0 Å².